The lowest BCUT2D eigenvalue weighted by atomic mass is 10.1. The number of nitrogens with zero attached hydrogens (tertiary/aromatic N) is 1. The van der Waals surface area contributed by atoms with Crippen LogP contribution in [0.2, 0.25) is 0 Å². The third kappa shape index (κ3) is 3.09. The fourth-order valence-corrected chi connectivity index (χ4v) is 2.19. The maximum atomic E-state index is 12.1. The molecule has 2 N–H and O–H groups in total. The summed E-state index contributed by atoms with van der Waals surface area (Å²) in [5, 5.41) is 12.2. The summed E-state index contributed by atoms with van der Waals surface area (Å²) in [5.74, 6) is 0.165. The Morgan fingerprint density at radius 2 is 2.00 bits per heavy atom. The molecular weight excluding hydrogens is 228 g/mol. The first-order valence-corrected chi connectivity index (χ1v) is 6.41. The van der Waals surface area contributed by atoms with E-state index in [4.69, 9.17) is 5.11 Å². The van der Waals surface area contributed by atoms with Crippen molar-refractivity contribution in [2.24, 2.45) is 0 Å². The Labute approximate surface area is 108 Å². The molecular formula is C14H20N2O2. The molecule has 2 rings (SSSR count). The van der Waals surface area contributed by atoms with Crippen LogP contribution >= 0.6 is 0 Å². The lowest BCUT2D eigenvalue weighted by Crippen LogP contribution is -2.41. The zero-order valence-corrected chi connectivity index (χ0v) is 10.7. The lowest BCUT2D eigenvalue weighted by Gasteiger charge is -2.22. The van der Waals surface area contributed by atoms with Gasteiger partial charge in [-0.25, -0.2) is 0 Å². The van der Waals surface area contributed by atoms with Crippen molar-refractivity contribution in [3.05, 3.63) is 35.4 Å². The molecule has 0 bridgehead atoms. The molecule has 1 aromatic rings. The molecule has 18 heavy (non-hydrogen) atoms. The van der Waals surface area contributed by atoms with Crippen LogP contribution in [0.1, 0.15) is 24.5 Å². The summed E-state index contributed by atoms with van der Waals surface area (Å²) in [6, 6.07) is 7.66. The summed E-state index contributed by atoms with van der Waals surface area (Å²) in [6.07, 6.45) is 0.991. The van der Waals surface area contributed by atoms with Crippen molar-refractivity contribution in [3.8, 4) is 0 Å². The second kappa shape index (κ2) is 5.98. The zero-order chi connectivity index (χ0) is 13.0. The average Bonchev–Trinajstić information content (AvgIpc) is 2.55. The smallest absolute Gasteiger partial charge is 0.239 e. The van der Waals surface area contributed by atoms with Crippen LogP contribution in [-0.2, 0) is 17.9 Å². The average molecular weight is 248 g/mol. The van der Waals surface area contributed by atoms with E-state index in [1.165, 1.54) is 0 Å². The normalized spacial score (nSPS) is 20.9. The van der Waals surface area contributed by atoms with Crippen LogP contribution in [0.25, 0.3) is 0 Å². The summed E-state index contributed by atoms with van der Waals surface area (Å²) in [7, 11) is 0. The molecule has 1 aromatic carbocycles. The van der Waals surface area contributed by atoms with Gasteiger partial charge in [-0.05, 0) is 31.0 Å². The second-order valence-corrected chi connectivity index (χ2v) is 4.76. The van der Waals surface area contributed by atoms with Crippen molar-refractivity contribution in [1.29, 1.82) is 0 Å². The quantitative estimate of drug-likeness (QED) is 0.835. The number of benzene rings is 1. The number of carbonyl (C=O) groups is 1. The van der Waals surface area contributed by atoms with E-state index in [9.17, 15) is 4.79 Å². The summed E-state index contributed by atoms with van der Waals surface area (Å²) in [6.45, 7) is 4.32. The predicted octanol–water partition coefficient (Wildman–Crippen LogP) is 0.889. The Morgan fingerprint density at radius 1 is 1.33 bits per heavy atom. The van der Waals surface area contributed by atoms with Gasteiger partial charge in [0.25, 0.3) is 0 Å². The number of rotatable bonds is 3. The number of carbonyl (C=O) groups excluding carboxylic acids is 1. The molecule has 4 nitrogen and oxygen atoms in total. The Morgan fingerprint density at radius 3 is 2.67 bits per heavy atom. The van der Waals surface area contributed by atoms with Gasteiger partial charge >= 0.3 is 0 Å². The monoisotopic (exact) mass is 248 g/mol. The number of nitrogens with one attached hydrogen (secondary N) is 1. The van der Waals surface area contributed by atoms with Crippen LogP contribution in [0.4, 0.5) is 0 Å². The molecule has 1 aliphatic heterocycles. The van der Waals surface area contributed by atoms with Gasteiger partial charge in [-0.2, -0.15) is 0 Å². The number of hydrogen-bond donors (Lipinski definition) is 2. The van der Waals surface area contributed by atoms with E-state index in [1.54, 1.807) is 0 Å². The van der Waals surface area contributed by atoms with Crippen molar-refractivity contribution < 1.29 is 9.90 Å². The standard InChI is InChI=1S/C14H20N2O2/c1-11-14(18)16(8-2-7-15-11)9-12-3-5-13(10-17)6-4-12/h3-6,11,15,17H,2,7-10H2,1H3. The summed E-state index contributed by atoms with van der Waals surface area (Å²) in [5.41, 5.74) is 2.01. The molecule has 0 aromatic heterocycles. The van der Waals surface area contributed by atoms with E-state index >= 15 is 0 Å². The van der Waals surface area contributed by atoms with Gasteiger partial charge in [0.2, 0.25) is 5.91 Å². The van der Waals surface area contributed by atoms with Crippen LogP contribution < -0.4 is 5.32 Å². The molecule has 0 spiro atoms. The minimum Gasteiger partial charge on any atom is -0.392 e. The third-order valence-electron chi connectivity index (χ3n) is 3.32. The maximum Gasteiger partial charge on any atom is 0.239 e. The number of aliphatic hydroxyl groups excluding tert-OH is 1. The van der Waals surface area contributed by atoms with Gasteiger partial charge in [0.15, 0.2) is 0 Å². The molecule has 4 heteroatoms. The number of hydrogen-bond acceptors (Lipinski definition) is 3. The van der Waals surface area contributed by atoms with Gasteiger partial charge in [0, 0.05) is 13.1 Å². The van der Waals surface area contributed by atoms with Crippen molar-refractivity contribution in [2.75, 3.05) is 13.1 Å². The lowest BCUT2D eigenvalue weighted by molar-refractivity contribution is -0.132. The Kier molecular flexibility index (Phi) is 4.33. The Bertz CT molecular complexity index is 403. The molecule has 1 heterocycles. The van der Waals surface area contributed by atoms with Gasteiger partial charge in [-0.1, -0.05) is 24.3 Å². The highest BCUT2D eigenvalue weighted by atomic mass is 16.3. The van der Waals surface area contributed by atoms with Crippen LogP contribution in [0.3, 0.4) is 0 Å². The van der Waals surface area contributed by atoms with E-state index in [1.807, 2.05) is 36.1 Å². The molecule has 1 unspecified atom stereocenters. The van der Waals surface area contributed by atoms with Crippen molar-refractivity contribution in [1.82, 2.24) is 10.2 Å². The van der Waals surface area contributed by atoms with Gasteiger partial charge < -0.3 is 15.3 Å². The molecule has 0 saturated carbocycles. The van der Waals surface area contributed by atoms with Crippen LogP contribution in [0.15, 0.2) is 24.3 Å². The highest BCUT2D eigenvalue weighted by molar-refractivity contribution is 5.81. The summed E-state index contributed by atoms with van der Waals surface area (Å²) >= 11 is 0. The molecule has 1 amide bonds. The first kappa shape index (κ1) is 13.1. The fraction of sp³-hybridized carbons (Fsp3) is 0.500. The van der Waals surface area contributed by atoms with E-state index in [0.717, 1.165) is 30.6 Å². The van der Waals surface area contributed by atoms with E-state index in [0.29, 0.717) is 6.54 Å². The SMILES string of the molecule is CC1NCCCN(Cc2ccc(CO)cc2)C1=O. The van der Waals surface area contributed by atoms with Crippen molar-refractivity contribution in [3.63, 3.8) is 0 Å². The molecule has 1 saturated heterocycles. The van der Waals surface area contributed by atoms with Gasteiger partial charge in [-0.3, -0.25) is 4.79 Å². The van der Waals surface area contributed by atoms with Gasteiger partial charge in [0.05, 0.1) is 12.6 Å². The van der Waals surface area contributed by atoms with E-state index < -0.39 is 0 Å². The van der Waals surface area contributed by atoms with Crippen molar-refractivity contribution in [2.45, 2.75) is 32.5 Å². The molecule has 98 valence electrons. The minimum atomic E-state index is -0.0933. The first-order valence-electron chi connectivity index (χ1n) is 6.41. The highest BCUT2D eigenvalue weighted by Gasteiger charge is 2.22. The Balaban J connectivity index is 2.04. The minimum absolute atomic E-state index is 0.0594. The molecule has 1 fully saturated rings. The van der Waals surface area contributed by atoms with Crippen molar-refractivity contribution >= 4 is 5.91 Å². The predicted molar refractivity (Wildman–Crippen MR) is 69.9 cm³/mol. The van der Waals surface area contributed by atoms with Crippen LogP contribution in [0.5, 0.6) is 0 Å². The van der Waals surface area contributed by atoms with Crippen LogP contribution in [-0.4, -0.2) is 35.0 Å². The number of amides is 1. The number of aliphatic hydroxyl groups is 1. The maximum absolute atomic E-state index is 12.1. The largest absolute Gasteiger partial charge is 0.392 e. The van der Waals surface area contributed by atoms with Crippen LogP contribution in [0, 0.1) is 0 Å². The third-order valence-corrected chi connectivity index (χ3v) is 3.32. The molecule has 1 aliphatic rings. The topological polar surface area (TPSA) is 52.6 Å². The summed E-state index contributed by atoms with van der Waals surface area (Å²) in [4.78, 5) is 14.0. The zero-order valence-electron chi connectivity index (χ0n) is 10.7. The molecule has 0 aliphatic carbocycles. The van der Waals surface area contributed by atoms with E-state index in [2.05, 4.69) is 5.32 Å². The van der Waals surface area contributed by atoms with E-state index in [-0.39, 0.29) is 18.6 Å². The fourth-order valence-electron chi connectivity index (χ4n) is 2.19. The van der Waals surface area contributed by atoms with Gasteiger partial charge in [0.1, 0.15) is 0 Å². The molecule has 0 radical (unpaired) electrons. The molecule has 1 atom stereocenters. The van der Waals surface area contributed by atoms with Gasteiger partial charge in [-0.15, -0.1) is 0 Å². The first-order chi connectivity index (χ1) is 8.70. The Hall–Kier alpha value is -1.39. The second-order valence-electron chi connectivity index (χ2n) is 4.76. The highest BCUT2D eigenvalue weighted by Crippen LogP contribution is 2.11. The summed E-state index contributed by atoms with van der Waals surface area (Å²) < 4.78 is 0.